The Morgan fingerprint density at radius 3 is 2.85 bits per heavy atom. The Balaban J connectivity index is 3.50. The van der Waals surface area contributed by atoms with Crippen molar-refractivity contribution in [1.29, 1.82) is 0 Å². The second-order valence-corrected chi connectivity index (χ2v) is 8.89. The van der Waals surface area contributed by atoms with E-state index in [-0.39, 0.29) is 0 Å². The van der Waals surface area contributed by atoms with Crippen molar-refractivity contribution in [2.75, 3.05) is 12.4 Å². The van der Waals surface area contributed by atoms with E-state index in [9.17, 15) is 4.89 Å². The van der Waals surface area contributed by atoms with E-state index in [1.54, 1.807) is 6.08 Å². The van der Waals surface area contributed by atoms with Crippen LogP contribution >= 0.6 is 17.1 Å². The lowest BCUT2D eigenvalue weighted by molar-refractivity contribution is 0.361. The minimum atomic E-state index is -2.57. The predicted molar refractivity (Wildman–Crippen MR) is 64.6 cm³/mol. The molecule has 0 spiro atoms. The first-order valence-electron chi connectivity index (χ1n) is 4.35. The van der Waals surface area contributed by atoms with Crippen LogP contribution in [0.5, 0.6) is 0 Å². The van der Waals surface area contributed by atoms with Crippen LogP contribution in [0.3, 0.4) is 0 Å². The van der Waals surface area contributed by atoms with Gasteiger partial charge >= 0.3 is 0 Å². The van der Waals surface area contributed by atoms with Gasteiger partial charge in [0.2, 0.25) is 5.69 Å². The summed E-state index contributed by atoms with van der Waals surface area (Å²) in [6.45, 7) is 5.99. The first-order valence-corrected chi connectivity index (χ1v) is 8.61. The Morgan fingerprint density at radius 1 is 1.62 bits per heavy atom. The molecule has 0 heterocycles. The molecule has 0 bridgehead atoms. The van der Waals surface area contributed by atoms with Crippen LogP contribution in [0.15, 0.2) is 12.7 Å². The molecular formula is C8H17O2PS2. The average Bonchev–Trinajstić information content (AvgIpc) is 2.09. The van der Waals surface area contributed by atoms with Crippen molar-refractivity contribution in [3.63, 3.8) is 0 Å². The van der Waals surface area contributed by atoms with Gasteiger partial charge in [0.25, 0.3) is 0 Å². The number of rotatable bonds is 8. The van der Waals surface area contributed by atoms with Crippen molar-refractivity contribution in [3.05, 3.63) is 12.7 Å². The lowest BCUT2D eigenvalue weighted by Crippen LogP contribution is -1.87. The molecule has 0 fully saturated rings. The fourth-order valence-corrected chi connectivity index (χ4v) is 3.99. The van der Waals surface area contributed by atoms with Crippen molar-refractivity contribution < 1.29 is 9.42 Å². The lowest BCUT2D eigenvalue weighted by atomic mass is 10.3. The maximum atomic E-state index is 9.56. The van der Waals surface area contributed by atoms with Crippen molar-refractivity contribution >= 4 is 28.9 Å². The summed E-state index contributed by atoms with van der Waals surface area (Å²) in [6, 6.07) is 0. The molecule has 2 nitrogen and oxygen atoms in total. The Bertz CT molecular complexity index is 185. The summed E-state index contributed by atoms with van der Waals surface area (Å²) in [6.07, 6.45) is 5.06. The molecule has 0 aliphatic rings. The molecule has 0 rings (SSSR count). The second kappa shape index (κ2) is 8.01. The standard InChI is InChI=1S/C8H17O2PS2/c1-3-5-6-8-13-11(9,12)10-7-4-2/h4H,2-3,5-8H2,1H3,(H,9,12). The van der Waals surface area contributed by atoms with Gasteiger partial charge in [-0.1, -0.05) is 37.2 Å². The zero-order chi connectivity index (χ0) is 10.2. The summed E-state index contributed by atoms with van der Waals surface area (Å²) in [5.74, 6) is 0.888. The van der Waals surface area contributed by atoms with Crippen LogP contribution in [0.25, 0.3) is 0 Å². The average molecular weight is 240 g/mol. The van der Waals surface area contributed by atoms with E-state index in [1.807, 2.05) is 0 Å². The van der Waals surface area contributed by atoms with E-state index < -0.39 is 5.69 Å². The molecule has 0 saturated carbocycles. The molecule has 0 saturated heterocycles. The van der Waals surface area contributed by atoms with Crippen molar-refractivity contribution in [1.82, 2.24) is 0 Å². The molecule has 1 N–H and O–H groups in total. The van der Waals surface area contributed by atoms with Gasteiger partial charge in [-0.2, -0.15) is 0 Å². The highest BCUT2D eigenvalue weighted by atomic mass is 32.9. The zero-order valence-electron chi connectivity index (χ0n) is 7.94. The van der Waals surface area contributed by atoms with Crippen molar-refractivity contribution in [3.8, 4) is 0 Å². The minimum absolute atomic E-state index is 0.342. The third-order valence-corrected chi connectivity index (χ3v) is 5.74. The number of hydrogen-bond donors (Lipinski definition) is 1. The van der Waals surface area contributed by atoms with E-state index in [4.69, 9.17) is 16.3 Å². The highest BCUT2D eigenvalue weighted by Gasteiger charge is 2.12. The summed E-state index contributed by atoms with van der Waals surface area (Å²) in [5, 5.41) is 0. The van der Waals surface area contributed by atoms with Crippen LogP contribution in [0.1, 0.15) is 26.2 Å². The summed E-state index contributed by atoms with van der Waals surface area (Å²) in [5.41, 5.74) is -2.57. The van der Waals surface area contributed by atoms with E-state index in [1.165, 1.54) is 24.2 Å². The largest absolute Gasteiger partial charge is 0.337 e. The Morgan fingerprint density at radius 2 is 2.31 bits per heavy atom. The maximum Gasteiger partial charge on any atom is 0.245 e. The molecule has 0 aliphatic carbocycles. The van der Waals surface area contributed by atoms with Crippen LogP contribution in [-0.4, -0.2) is 17.3 Å². The van der Waals surface area contributed by atoms with Gasteiger partial charge in [0.05, 0.1) is 6.61 Å². The zero-order valence-corrected chi connectivity index (χ0v) is 10.5. The fraction of sp³-hybridized carbons (Fsp3) is 0.750. The molecule has 13 heavy (non-hydrogen) atoms. The van der Waals surface area contributed by atoms with Gasteiger partial charge in [-0.3, -0.25) is 0 Å². The third kappa shape index (κ3) is 8.98. The van der Waals surface area contributed by atoms with E-state index in [2.05, 4.69) is 13.5 Å². The molecule has 0 aromatic rings. The summed E-state index contributed by atoms with van der Waals surface area (Å²) in [4.78, 5) is 9.56. The summed E-state index contributed by atoms with van der Waals surface area (Å²) < 4.78 is 5.09. The molecule has 0 aliphatic heterocycles. The lowest BCUT2D eigenvalue weighted by Gasteiger charge is -2.13. The topological polar surface area (TPSA) is 29.5 Å². The normalized spacial score (nSPS) is 15.2. The van der Waals surface area contributed by atoms with Gasteiger partial charge < -0.3 is 9.42 Å². The fourth-order valence-electron chi connectivity index (χ4n) is 0.716. The minimum Gasteiger partial charge on any atom is -0.337 e. The Hall–Kier alpha value is 0.660. The van der Waals surface area contributed by atoms with Gasteiger partial charge in [-0.25, -0.2) is 0 Å². The van der Waals surface area contributed by atoms with Gasteiger partial charge in [-0.15, -0.1) is 6.58 Å². The molecule has 1 unspecified atom stereocenters. The Labute approximate surface area is 89.7 Å². The van der Waals surface area contributed by atoms with Gasteiger partial charge in [0.1, 0.15) is 0 Å². The van der Waals surface area contributed by atoms with Crippen molar-refractivity contribution in [2.24, 2.45) is 0 Å². The highest BCUT2D eigenvalue weighted by Crippen LogP contribution is 2.56. The van der Waals surface area contributed by atoms with Gasteiger partial charge in [-0.05, 0) is 18.2 Å². The molecule has 0 radical (unpaired) electrons. The second-order valence-electron chi connectivity index (χ2n) is 2.59. The maximum absolute atomic E-state index is 9.56. The number of hydrogen-bond acceptors (Lipinski definition) is 3. The number of unbranched alkanes of at least 4 members (excludes halogenated alkanes) is 2. The molecule has 1 atom stereocenters. The molecule has 0 aromatic heterocycles. The van der Waals surface area contributed by atoms with Gasteiger partial charge in [0, 0.05) is 5.75 Å². The first-order chi connectivity index (χ1) is 6.12. The highest BCUT2D eigenvalue weighted by molar-refractivity contribution is 8.67. The molecular weight excluding hydrogens is 223 g/mol. The third-order valence-electron chi connectivity index (χ3n) is 1.36. The molecule has 0 aromatic carbocycles. The van der Waals surface area contributed by atoms with Crippen LogP contribution < -0.4 is 0 Å². The first kappa shape index (κ1) is 13.7. The molecule has 5 heteroatoms. The summed E-state index contributed by atoms with van der Waals surface area (Å²) >= 11 is 6.29. The van der Waals surface area contributed by atoms with E-state index >= 15 is 0 Å². The molecule has 0 amide bonds. The quantitative estimate of drug-likeness (QED) is 0.400. The van der Waals surface area contributed by atoms with Crippen LogP contribution in [0, 0.1) is 0 Å². The SMILES string of the molecule is C=CCOP(O)(=S)SCCCCC. The van der Waals surface area contributed by atoms with Crippen molar-refractivity contribution in [2.45, 2.75) is 26.2 Å². The van der Waals surface area contributed by atoms with Gasteiger partial charge in [0.15, 0.2) is 0 Å². The molecule has 78 valence electrons. The van der Waals surface area contributed by atoms with E-state index in [0.29, 0.717) is 6.61 Å². The monoisotopic (exact) mass is 240 g/mol. The van der Waals surface area contributed by atoms with E-state index in [0.717, 1.165) is 12.2 Å². The van der Waals surface area contributed by atoms with Crippen LogP contribution in [0.4, 0.5) is 0 Å². The predicted octanol–water partition coefficient (Wildman–Crippen LogP) is 3.33. The van der Waals surface area contributed by atoms with Crippen LogP contribution in [0.2, 0.25) is 0 Å². The summed E-state index contributed by atoms with van der Waals surface area (Å²) in [7, 11) is 0. The van der Waals surface area contributed by atoms with Crippen LogP contribution in [-0.2, 0) is 16.3 Å². The smallest absolute Gasteiger partial charge is 0.245 e. The Kier molecular flexibility index (Phi) is 8.42.